The van der Waals surface area contributed by atoms with Crippen molar-refractivity contribution in [1.82, 2.24) is 14.7 Å². The lowest BCUT2D eigenvalue weighted by atomic mass is 10.1. The second-order valence-corrected chi connectivity index (χ2v) is 36.7. The first kappa shape index (κ1) is 106. The molecule has 0 bridgehead atoms. The van der Waals surface area contributed by atoms with Crippen LogP contribution in [0.3, 0.4) is 0 Å². The van der Waals surface area contributed by atoms with Crippen LogP contribution in [0.1, 0.15) is 117 Å². The van der Waals surface area contributed by atoms with Crippen molar-refractivity contribution < 1.29 is 50.1 Å². The highest BCUT2D eigenvalue weighted by atomic mass is 19.1. The fourth-order valence-electron chi connectivity index (χ4n) is 17.0. The van der Waals surface area contributed by atoms with Gasteiger partial charge in [0, 0.05) is 147 Å². The van der Waals surface area contributed by atoms with Gasteiger partial charge in [0.25, 0.3) is 0 Å². The second kappa shape index (κ2) is 56.1. The van der Waals surface area contributed by atoms with E-state index >= 15 is 0 Å². The fraction of sp³-hybridized carbons (Fsp3) is 0.194. The van der Waals surface area contributed by atoms with Crippen molar-refractivity contribution in [3.8, 4) is 0 Å². The van der Waals surface area contributed by atoms with E-state index < -0.39 is 6.03 Å². The average molecular weight is 1940 g/mol. The molecule has 0 fully saturated rings. The molecule has 0 spiro atoms. The summed E-state index contributed by atoms with van der Waals surface area (Å²) in [7, 11) is 0. The molecule has 6 amide bonds. The normalized spacial score (nSPS) is 10.9. The van der Waals surface area contributed by atoms with Crippen LogP contribution in [-0.4, -0.2) is 64.8 Å². The summed E-state index contributed by atoms with van der Waals surface area (Å²) >= 11 is 0. The number of carbonyl (C=O) groups is 4. The summed E-state index contributed by atoms with van der Waals surface area (Å²) in [4.78, 5) is 63.4. The molecule has 0 radical (unpaired) electrons. The summed E-state index contributed by atoms with van der Waals surface area (Å²) in [5, 5.41) is 17.0. The molecule has 16 rings (SSSR count). The van der Waals surface area contributed by atoms with Crippen LogP contribution in [0.15, 0.2) is 406 Å². The molecule has 19 nitrogen and oxygen atoms in total. The highest BCUT2D eigenvalue weighted by Crippen LogP contribution is 2.27. The predicted molar refractivity (Wildman–Crippen MR) is 588 cm³/mol. The van der Waals surface area contributed by atoms with E-state index in [2.05, 4.69) is 314 Å². The average Bonchev–Trinajstić information content (AvgIpc) is 0.842. The standard InChI is InChI=1S/C38H38N4O2.C36H32F2N4O2.C29H39N3.C21H24N4/c1-28-8-18-34(19-9-28)39-37(43)24-30-12-14-32(15-13-30)26-42(25-31-6-4-3-5-7-31)27-33-16-22-36(23-17-33)41-38(44)40-35-20-10-29(2)11-21-35;37-30-12-18-32(19-13-30)39-35(43)22-26-6-8-28(9-7-26)24-42(23-27-4-2-1-3-5-27)25-29-10-16-33(17-11-29)40-36(44)41-34-20-14-31(38)15-21-34;1-5-31(6-2)28-18-14-26(15-19-28)23-30(22-25-12-10-9-11-13-25)24-27-16-20-29(21-17-27)32(7-3)8-4;22-19-7-1-16(2-8-19)13-25(14-17-3-9-20(23)10-4-17)15-18-5-11-21(24)12-6-18/h3-23H,24-27H2,1-2H3,(H,39,43)(H2,40,41,44);1-21H,22-25H2,(H,39,43)(H2,40,41,44);9-21H,5-8,22-24H2,1-4H3;1-12H,13-15,22-24H2/p+4. The zero-order valence-corrected chi connectivity index (χ0v) is 84.2. The summed E-state index contributed by atoms with van der Waals surface area (Å²) in [6.45, 7) is 27.2. The zero-order valence-electron chi connectivity index (χ0n) is 84.2. The van der Waals surface area contributed by atoms with Gasteiger partial charge in [-0.05, 0) is 297 Å². The first-order valence-electron chi connectivity index (χ1n) is 49.8. The monoisotopic (exact) mass is 1940 g/mol. The first-order chi connectivity index (χ1) is 70.5. The minimum Gasteiger partial charge on any atom is -0.372 e. The van der Waals surface area contributed by atoms with E-state index in [0.717, 1.165) is 165 Å². The molecular formula is C124H137F2N15O4+4. The number of quaternary nitrogens is 4. The Labute approximate surface area is 853 Å². The summed E-state index contributed by atoms with van der Waals surface area (Å²) in [5.41, 5.74) is 40.9. The molecule has 0 aromatic heterocycles. The maximum absolute atomic E-state index is 13.1. The van der Waals surface area contributed by atoms with Gasteiger partial charge in [-0.15, -0.1) is 0 Å². The van der Waals surface area contributed by atoms with Crippen molar-refractivity contribution in [2.75, 3.05) is 67.9 Å². The summed E-state index contributed by atoms with van der Waals surface area (Å²) < 4.78 is 26.2. The van der Waals surface area contributed by atoms with Gasteiger partial charge in [0.15, 0.2) is 0 Å². The third-order valence-corrected chi connectivity index (χ3v) is 24.8. The van der Waals surface area contributed by atoms with Gasteiger partial charge in [-0.3, -0.25) is 24.3 Å². The highest BCUT2D eigenvalue weighted by Gasteiger charge is 2.19. The number of aryl methyl sites for hydroxylation is 2. The smallest absolute Gasteiger partial charge is 0.323 e. The van der Waals surface area contributed by atoms with Gasteiger partial charge >= 0.3 is 12.1 Å². The van der Waals surface area contributed by atoms with Gasteiger partial charge in [0.2, 0.25) is 11.8 Å². The number of benzene rings is 16. The third kappa shape index (κ3) is 37.2. The molecule has 0 saturated carbocycles. The number of amides is 6. The topological polar surface area (TPSA) is 244 Å². The molecule has 16 aromatic carbocycles. The second-order valence-electron chi connectivity index (χ2n) is 36.7. The lowest BCUT2D eigenvalue weighted by Crippen LogP contribution is -3.08. The molecule has 16 aromatic rings. The van der Waals surface area contributed by atoms with E-state index in [4.69, 9.17) is 0 Å². The van der Waals surface area contributed by atoms with Crippen LogP contribution in [0.5, 0.6) is 0 Å². The number of halogens is 2. The molecule has 21 heteroatoms. The number of carbonyl (C=O) groups excluding carboxylic acids is 4. The van der Waals surface area contributed by atoms with Gasteiger partial charge in [-0.2, -0.15) is 0 Å². The van der Waals surface area contributed by atoms with Gasteiger partial charge in [-0.25, -0.2) is 18.4 Å². The molecule has 0 saturated heterocycles. The Morgan fingerprint density at radius 3 is 0.669 bits per heavy atom. The van der Waals surface area contributed by atoms with E-state index in [9.17, 15) is 28.0 Å². The Bertz CT molecular complexity index is 5940. The summed E-state index contributed by atoms with van der Waals surface area (Å²) in [5.74, 6) is -0.911. The van der Waals surface area contributed by atoms with Crippen LogP contribution in [-0.2, 0) is 101 Å². The quantitative estimate of drug-likeness (QED) is 0.0175. The number of hydrogen-bond donors (Lipinski definition) is 10. The Hall–Kier alpha value is -15.8. The van der Waals surface area contributed by atoms with E-state index in [-0.39, 0.29) is 35.9 Å². The molecule has 0 aliphatic heterocycles. The van der Waals surface area contributed by atoms with Crippen molar-refractivity contribution in [2.24, 2.45) is 0 Å². The molecule has 0 aliphatic rings. The van der Waals surface area contributed by atoms with E-state index in [1.165, 1.54) is 115 Å². The maximum Gasteiger partial charge on any atom is 0.323 e. The van der Waals surface area contributed by atoms with Gasteiger partial charge < -0.3 is 63.8 Å². The molecule has 0 unspecified atom stereocenters. The molecule has 0 heterocycles. The number of hydrogen-bond acceptors (Lipinski definition) is 9. The minimum atomic E-state index is -0.411. The van der Waals surface area contributed by atoms with Crippen LogP contribution in [0.4, 0.5) is 80.9 Å². The SMILES string of the molecule is CCN(CC)c1ccc(CN(Cc2ccccc2)Cc2ccc(N(CC)CC)cc2)cc1.Cc1ccc(NC(=O)Cc2ccc(CN(Cc3ccccc3)Cc3ccc(NC(=O)Nc4ccc(C)cc4)cc3)cc2)cc1.O=C(Cc1ccc(CN(Cc2ccccc2)Cc2ccc(NC(=O)Nc3ccc(F)cc3)cc2)cc1)Nc1ccc(F)cc1.[NH3+]c1ccc(C[NH+](Cc2ccc([NH3+])cc2)Cc2ccc([NH3+])cc2)cc1. The summed E-state index contributed by atoms with van der Waals surface area (Å²) in [6.07, 6.45) is 0.541. The molecule has 16 N–H and O–H groups in total. The highest BCUT2D eigenvalue weighted by molar-refractivity contribution is 6.00. The van der Waals surface area contributed by atoms with Crippen molar-refractivity contribution in [3.63, 3.8) is 0 Å². The number of nitrogens with one attached hydrogen (secondary N) is 7. The van der Waals surface area contributed by atoms with Crippen molar-refractivity contribution in [1.29, 1.82) is 0 Å². The largest absolute Gasteiger partial charge is 0.372 e. The van der Waals surface area contributed by atoms with E-state index in [1.54, 1.807) is 0 Å². The van der Waals surface area contributed by atoms with Crippen LogP contribution < -0.4 is 63.8 Å². The number of rotatable bonds is 40. The Morgan fingerprint density at radius 2 is 0.428 bits per heavy atom. The fourth-order valence-corrected chi connectivity index (χ4v) is 17.0. The van der Waals surface area contributed by atoms with Crippen molar-refractivity contribution in [2.45, 2.75) is 133 Å². The Morgan fingerprint density at radius 1 is 0.234 bits per heavy atom. The first-order valence-corrected chi connectivity index (χ1v) is 49.8. The van der Waals surface area contributed by atoms with Gasteiger partial charge in [0.1, 0.15) is 48.3 Å². The predicted octanol–water partition coefficient (Wildman–Crippen LogP) is 23.0. The Balaban J connectivity index is 0.000000166. The van der Waals surface area contributed by atoms with Crippen LogP contribution >= 0.6 is 0 Å². The van der Waals surface area contributed by atoms with E-state index in [1.807, 2.05) is 159 Å². The zero-order chi connectivity index (χ0) is 102. The molecule has 145 heavy (non-hydrogen) atoms. The number of nitrogens with zero attached hydrogens (tertiary/aromatic N) is 5. The van der Waals surface area contributed by atoms with Crippen molar-refractivity contribution >= 4 is 86.4 Å². The number of anilines is 8. The van der Waals surface area contributed by atoms with Gasteiger partial charge in [0.05, 0.1) is 12.8 Å². The van der Waals surface area contributed by atoms with E-state index in [0.29, 0.717) is 36.6 Å². The molecular weight excluding hydrogens is 1800 g/mol. The molecule has 0 atom stereocenters. The van der Waals surface area contributed by atoms with Crippen LogP contribution in [0.25, 0.3) is 0 Å². The lowest BCUT2D eigenvalue weighted by Gasteiger charge is -2.25. The maximum atomic E-state index is 13.1. The third-order valence-electron chi connectivity index (χ3n) is 24.8. The summed E-state index contributed by atoms with van der Waals surface area (Å²) in [6, 6.07) is 133. The van der Waals surface area contributed by atoms with Gasteiger partial charge in [-0.1, -0.05) is 223 Å². The van der Waals surface area contributed by atoms with Crippen LogP contribution in [0.2, 0.25) is 0 Å². The van der Waals surface area contributed by atoms with Crippen LogP contribution in [0, 0.1) is 25.5 Å². The minimum absolute atomic E-state index is 0.0297. The van der Waals surface area contributed by atoms with Crippen molar-refractivity contribution in [3.05, 3.63) is 507 Å². The Kier molecular flexibility index (Phi) is 41.2. The lowest BCUT2D eigenvalue weighted by molar-refractivity contribution is -0.941. The molecule has 0 aliphatic carbocycles. The number of urea groups is 2. The molecule has 742 valence electrons.